The third-order valence-electron chi connectivity index (χ3n) is 5.53. The summed E-state index contributed by atoms with van der Waals surface area (Å²) in [7, 11) is 2.79. The van der Waals surface area contributed by atoms with Crippen molar-refractivity contribution in [1.82, 2.24) is 0 Å². The number of carbonyl (C=O) groups excluding carboxylic acids is 2. The number of ketones is 1. The SMILES string of the molecule is COC(=O)c1cccc(C/C(C(=O)c2ccc(OC)cc2)=C(/C(=O)O)c2ccc3c(c2)OCO3)c1. The van der Waals surface area contributed by atoms with E-state index in [0.717, 1.165) is 0 Å². The smallest absolute Gasteiger partial charge is 0.337 e. The minimum atomic E-state index is -1.27. The van der Waals surface area contributed by atoms with Gasteiger partial charge in [-0.15, -0.1) is 0 Å². The van der Waals surface area contributed by atoms with Gasteiger partial charge >= 0.3 is 11.9 Å². The maximum atomic E-state index is 13.7. The van der Waals surface area contributed by atoms with E-state index in [4.69, 9.17) is 18.9 Å². The third-order valence-corrected chi connectivity index (χ3v) is 5.53. The second kappa shape index (κ2) is 10.1. The summed E-state index contributed by atoms with van der Waals surface area (Å²) >= 11 is 0. The highest BCUT2D eigenvalue weighted by Gasteiger charge is 2.26. The van der Waals surface area contributed by atoms with Gasteiger partial charge < -0.3 is 24.1 Å². The van der Waals surface area contributed by atoms with Crippen LogP contribution in [-0.4, -0.2) is 43.8 Å². The summed E-state index contributed by atoms with van der Waals surface area (Å²) in [6, 6.07) is 17.6. The Labute approximate surface area is 201 Å². The molecular formula is C27H22O8. The molecular weight excluding hydrogens is 452 g/mol. The number of carboxylic acid groups (broad SMARTS) is 1. The minimum absolute atomic E-state index is 0.0306. The summed E-state index contributed by atoms with van der Waals surface area (Å²) in [4.78, 5) is 38.2. The highest BCUT2D eigenvalue weighted by Crippen LogP contribution is 2.36. The van der Waals surface area contributed by atoms with Gasteiger partial charge in [0.25, 0.3) is 0 Å². The van der Waals surface area contributed by atoms with Crippen molar-refractivity contribution < 1.29 is 38.4 Å². The number of rotatable bonds is 8. The molecule has 0 spiro atoms. The minimum Gasteiger partial charge on any atom is -0.497 e. The van der Waals surface area contributed by atoms with Gasteiger partial charge in [0.2, 0.25) is 6.79 Å². The Hall–Kier alpha value is -4.59. The first-order valence-electron chi connectivity index (χ1n) is 10.6. The van der Waals surface area contributed by atoms with Crippen LogP contribution in [0.3, 0.4) is 0 Å². The molecule has 0 aliphatic carbocycles. The lowest BCUT2D eigenvalue weighted by molar-refractivity contribution is -0.130. The number of allylic oxidation sites excluding steroid dienone is 1. The summed E-state index contributed by atoms with van der Waals surface area (Å²) in [6.07, 6.45) is -0.0359. The third kappa shape index (κ3) is 5.01. The number of methoxy groups -OCH3 is 2. The van der Waals surface area contributed by atoms with E-state index in [1.807, 2.05) is 0 Å². The normalized spacial score (nSPS) is 12.5. The monoisotopic (exact) mass is 474 g/mol. The number of aliphatic carboxylic acids is 1. The van der Waals surface area contributed by atoms with Gasteiger partial charge in [-0.3, -0.25) is 4.79 Å². The number of Topliss-reactive ketones (excluding diaryl/α,β-unsaturated/α-hetero) is 1. The van der Waals surface area contributed by atoms with E-state index < -0.39 is 17.7 Å². The van der Waals surface area contributed by atoms with E-state index in [2.05, 4.69) is 0 Å². The van der Waals surface area contributed by atoms with E-state index in [1.165, 1.54) is 20.3 Å². The first kappa shape index (κ1) is 23.6. The fourth-order valence-electron chi connectivity index (χ4n) is 3.81. The Balaban J connectivity index is 1.86. The number of ether oxygens (including phenoxy) is 4. The van der Waals surface area contributed by atoms with Crippen molar-refractivity contribution in [2.75, 3.05) is 21.0 Å². The number of hydrogen-bond acceptors (Lipinski definition) is 7. The zero-order valence-corrected chi connectivity index (χ0v) is 19.1. The maximum Gasteiger partial charge on any atom is 0.337 e. The van der Waals surface area contributed by atoms with Crippen LogP contribution in [0.25, 0.3) is 5.57 Å². The predicted octanol–water partition coefficient (Wildman–Crippen LogP) is 4.17. The van der Waals surface area contributed by atoms with E-state index in [1.54, 1.807) is 60.7 Å². The van der Waals surface area contributed by atoms with Crippen molar-refractivity contribution in [3.63, 3.8) is 0 Å². The zero-order valence-electron chi connectivity index (χ0n) is 19.1. The molecule has 0 atom stereocenters. The summed E-state index contributed by atoms with van der Waals surface area (Å²) in [6.45, 7) is 0.0306. The quantitative estimate of drug-likeness (QED) is 0.294. The van der Waals surface area contributed by atoms with Crippen LogP contribution in [0, 0.1) is 0 Å². The molecule has 8 heteroatoms. The molecule has 0 saturated carbocycles. The van der Waals surface area contributed by atoms with Crippen molar-refractivity contribution in [2.24, 2.45) is 0 Å². The Bertz CT molecular complexity index is 1320. The highest BCUT2D eigenvalue weighted by molar-refractivity contribution is 6.26. The van der Waals surface area contributed by atoms with Crippen LogP contribution < -0.4 is 14.2 Å². The number of fused-ring (bicyclic) bond motifs is 1. The number of carbonyl (C=O) groups is 3. The lowest BCUT2D eigenvalue weighted by atomic mass is 9.89. The Morgan fingerprint density at radius 1 is 0.857 bits per heavy atom. The van der Waals surface area contributed by atoms with Crippen molar-refractivity contribution in [3.05, 3.63) is 94.6 Å². The van der Waals surface area contributed by atoms with Gasteiger partial charge in [0.15, 0.2) is 17.3 Å². The fourth-order valence-corrected chi connectivity index (χ4v) is 3.81. The molecule has 1 N–H and O–H groups in total. The van der Waals surface area contributed by atoms with Gasteiger partial charge in [0.1, 0.15) is 5.75 Å². The first-order chi connectivity index (χ1) is 16.9. The van der Waals surface area contributed by atoms with Crippen LogP contribution >= 0.6 is 0 Å². The second-order valence-corrected chi connectivity index (χ2v) is 7.65. The highest BCUT2D eigenvalue weighted by atomic mass is 16.7. The molecule has 1 aliphatic rings. The van der Waals surface area contributed by atoms with Crippen LogP contribution in [0.4, 0.5) is 0 Å². The van der Waals surface area contributed by atoms with Crippen LogP contribution in [0.15, 0.2) is 72.3 Å². The average molecular weight is 474 g/mol. The van der Waals surface area contributed by atoms with Gasteiger partial charge in [-0.25, -0.2) is 9.59 Å². The van der Waals surface area contributed by atoms with Crippen molar-refractivity contribution in [2.45, 2.75) is 6.42 Å². The van der Waals surface area contributed by atoms with Gasteiger partial charge in [-0.2, -0.15) is 0 Å². The summed E-state index contributed by atoms with van der Waals surface area (Å²) in [5.74, 6) is -0.825. The molecule has 3 aromatic rings. The zero-order chi connectivity index (χ0) is 24.9. The molecule has 3 aromatic carbocycles. The lowest BCUT2D eigenvalue weighted by Crippen LogP contribution is -2.14. The molecule has 0 bridgehead atoms. The molecule has 1 heterocycles. The number of carboxylic acids is 1. The van der Waals surface area contributed by atoms with Gasteiger partial charge in [0.05, 0.1) is 25.4 Å². The average Bonchev–Trinajstić information content (AvgIpc) is 3.35. The molecule has 0 unspecified atom stereocenters. The predicted molar refractivity (Wildman–Crippen MR) is 126 cm³/mol. The van der Waals surface area contributed by atoms with Crippen molar-refractivity contribution in [1.29, 1.82) is 0 Å². The summed E-state index contributed by atoms with van der Waals surface area (Å²) in [5.41, 5.74) is 1.33. The van der Waals surface area contributed by atoms with Crippen LogP contribution in [0.5, 0.6) is 17.2 Å². The molecule has 178 valence electrons. The molecule has 0 amide bonds. The molecule has 4 rings (SSSR count). The number of hydrogen-bond donors (Lipinski definition) is 1. The topological polar surface area (TPSA) is 108 Å². The first-order valence-corrected chi connectivity index (χ1v) is 10.6. The van der Waals surface area contributed by atoms with Crippen LogP contribution in [-0.2, 0) is 16.0 Å². The summed E-state index contributed by atoms with van der Waals surface area (Å²) < 4.78 is 20.7. The Morgan fingerprint density at radius 2 is 1.57 bits per heavy atom. The van der Waals surface area contributed by atoms with Crippen molar-refractivity contribution in [3.8, 4) is 17.2 Å². The standard InChI is InChI=1S/C27H22O8/c1-32-20-9-6-17(7-10-20)25(28)21(13-16-4-3-5-19(12-16)27(31)33-2)24(26(29)30)18-8-11-22-23(14-18)35-15-34-22/h3-12,14H,13,15H2,1-2H3,(H,29,30)/b24-21-. The molecule has 0 fully saturated rings. The second-order valence-electron chi connectivity index (χ2n) is 7.65. The fraction of sp³-hybridized carbons (Fsp3) is 0.148. The van der Waals surface area contributed by atoms with Gasteiger partial charge in [-0.1, -0.05) is 18.2 Å². The Kier molecular flexibility index (Phi) is 6.82. The molecule has 0 aromatic heterocycles. The van der Waals surface area contributed by atoms with Crippen molar-refractivity contribution >= 4 is 23.3 Å². The number of esters is 1. The van der Waals surface area contributed by atoms with Crippen LogP contribution in [0.1, 0.15) is 31.8 Å². The summed E-state index contributed by atoms with van der Waals surface area (Å²) in [5, 5.41) is 10.2. The van der Waals surface area contributed by atoms with E-state index in [0.29, 0.717) is 39.5 Å². The molecule has 35 heavy (non-hydrogen) atoms. The molecule has 1 aliphatic heterocycles. The van der Waals surface area contributed by atoms with E-state index in [9.17, 15) is 19.5 Å². The lowest BCUT2D eigenvalue weighted by Gasteiger charge is -2.14. The van der Waals surface area contributed by atoms with Gasteiger partial charge in [-0.05, 0) is 59.7 Å². The molecule has 0 radical (unpaired) electrons. The molecule has 8 nitrogen and oxygen atoms in total. The largest absolute Gasteiger partial charge is 0.497 e. The molecule has 0 saturated heterocycles. The number of benzene rings is 3. The van der Waals surface area contributed by atoms with Gasteiger partial charge in [0, 0.05) is 17.6 Å². The maximum absolute atomic E-state index is 13.7. The Morgan fingerprint density at radius 3 is 2.26 bits per heavy atom. The van der Waals surface area contributed by atoms with Crippen LogP contribution in [0.2, 0.25) is 0 Å². The van der Waals surface area contributed by atoms with E-state index >= 15 is 0 Å². The van der Waals surface area contributed by atoms with E-state index in [-0.39, 0.29) is 24.4 Å².